The molecule has 0 radical (unpaired) electrons. The minimum Gasteiger partial charge on any atom is -0.352 e. The summed E-state index contributed by atoms with van der Waals surface area (Å²) in [6.45, 7) is 4.79. The molecule has 2 aromatic carbocycles. The van der Waals surface area contributed by atoms with Gasteiger partial charge in [-0.15, -0.1) is 0 Å². The lowest BCUT2D eigenvalue weighted by atomic mass is 10.0. The lowest BCUT2D eigenvalue weighted by Gasteiger charge is -2.34. The maximum Gasteiger partial charge on any atom is 0.326 e. The normalized spacial score (nSPS) is 22.7. The zero-order chi connectivity index (χ0) is 22.2. The zero-order valence-corrected chi connectivity index (χ0v) is 19.8. The number of rotatable bonds is 6. The molecule has 2 fully saturated rings. The molecule has 0 bridgehead atoms. The molecule has 1 aromatic heterocycles. The third-order valence-electron chi connectivity index (χ3n) is 6.88. The summed E-state index contributed by atoms with van der Waals surface area (Å²) in [4.78, 5) is 30.6. The molecule has 0 spiro atoms. The van der Waals surface area contributed by atoms with Crippen molar-refractivity contribution in [3.05, 3.63) is 69.1 Å². The first kappa shape index (κ1) is 21.5. The van der Waals surface area contributed by atoms with E-state index in [1.54, 1.807) is 0 Å². The highest BCUT2D eigenvalue weighted by Crippen LogP contribution is 2.47. The highest BCUT2D eigenvalue weighted by Gasteiger charge is 2.44. The predicted molar refractivity (Wildman–Crippen MR) is 130 cm³/mol. The van der Waals surface area contributed by atoms with Gasteiger partial charge in [-0.2, -0.15) is 0 Å². The lowest BCUT2D eigenvalue weighted by molar-refractivity contribution is -0.123. The Bertz CT molecular complexity index is 1160. The molecule has 3 atom stereocenters. The Labute approximate surface area is 196 Å². The van der Waals surface area contributed by atoms with Gasteiger partial charge in [0.25, 0.3) is 0 Å². The van der Waals surface area contributed by atoms with E-state index in [2.05, 4.69) is 50.2 Å². The van der Waals surface area contributed by atoms with Gasteiger partial charge in [0.05, 0.1) is 11.0 Å². The number of halogens is 1. The monoisotopic (exact) mass is 496 g/mol. The summed E-state index contributed by atoms with van der Waals surface area (Å²) in [6.07, 6.45) is 2.81. The SMILES string of the molecule is C[C@@H](CN1CCC(n2c(=O)[nH]c3cc(Br)ccc32)CC1)NC(=O)[C@H]1C[C@@H]1c1ccccc1. The predicted octanol–water partition coefficient (Wildman–Crippen LogP) is 4.04. The standard InChI is InChI=1S/C25H29BrN4O2/c1-16(27-24(31)21-14-20(21)17-5-3-2-4-6-17)15-29-11-9-19(10-12-29)30-23-8-7-18(26)13-22(23)28-25(30)32/h2-8,13,16,19-21H,9-12,14-15H2,1H3,(H,27,31)(H,28,32)/t16-,20+,21-/m0/s1. The van der Waals surface area contributed by atoms with Gasteiger partial charge in [0, 0.05) is 42.1 Å². The van der Waals surface area contributed by atoms with Gasteiger partial charge >= 0.3 is 5.69 Å². The largest absolute Gasteiger partial charge is 0.352 e. The zero-order valence-electron chi connectivity index (χ0n) is 18.3. The average molecular weight is 497 g/mol. The summed E-state index contributed by atoms with van der Waals surface area (Å²) in [6, 6.07) is 16.6. The number of aromatic nitrogens is 2. The number of fused-ring (bicyclic) bond motifs is 1. The Morgan fingerprint density at radius 2 is 1.94 bits per heavy atom. The number of piperidine rings is 1. The Kier molecular flexibility index (Phi) is 5.95. The molecule has 5 rings (SSSR count). The summed E-state index contributed by atoms with van der Waals surface area (Å²) >= 11 is 3.47. The number of nitrogens with one attached hydrogen (secondary N) is 2. The van der Waals surface area contributed by atoms with Crippen molar-refractivity contribution in [2.45, 2.75) is 44.2 Å². The van der Waals surface area contributed by atoms with E-state index in [0.717, 1.165) is 54.4 Å². The van der Waals surface area contributed by atoms with Crippen LogP contribution in [-0.2, 0) is 4.79 Å². The van der Waals surface area contributed by atoms with E-state index in [1.807, 2.05) is 41.0 Å². The van der Waals surface area contributed by atoms with Crippen LogP contribution in [0.4, 0.5) is 0 Å². The van der Waals surface area contributed by atoms with Crippen molar-refractivity contribution in [3.63, 3.8) is 0 Å². The van der Waals surface area contributed by atoms with Crippen LogP contribution < -0.4 is 11.0 Å². The highest BCUT2D eigenvalue weighted by molar-refractivity contribution is 9.10. The molecular weight excluding hydrogens is 468 g/mol. The van der Waals surface area contributed by atoms with Crippen LogP contribution in [-0.4, -0.2) is 46.0 Å². The maximum atomic E-state index is 12.7. The van der Waals surface area contributed by atoms with Crippen LogP contribution in [0.2, 0.25) is 0 Å². The summed E-state index contributed by atoms with van der Waals surface area (Å²) in [5.74, 6) is 0.659. The molecule has 1 saturated heterocycles. The van der Waals surface area contributed by atoms with Gasteiger partial charge < -0.3 is 15.2 Å². The average Bonchev–Trinajstić information content (AvgIpc) is 3.52. The van der Waals surface area contributed by atoms with Crippen LogP contribution in [0, 0.1) is 5.92 Å². The Morgan fingerprint density at radius 3 is 2.69 bits per heavy atom. The second kappa shape index (κ2) is 8.87. The quantitative estimate of drug-likeness (QED) is 0.540. The molecule has 1 amide bonds. The van der Waals surface area contributed by atoms with Gasteiger partial charge in [-0.05, 0) is 55.9 Å². The van der Waals surface area contributed by atoms with Gasteiger partial charge in [-0.3, -0.25) is 9.36 Å². The molecule has 0 unspecified atom stereocenters. The molecule has 2 N–H and O–H groups in total. The minimum atomic E-state index is -0.0328. The highest BCUT2D eigenvalue weighted by atomic mass is 79.9. The number of imidazole rings is 1. The fourth-order valence-corrected chi connectivity index (χ4v) is 5.52. The number of hydrogen-bond donors (Lipinski definition) is 2. The van der Waals surface area contributed by atoms with Crippen LogP contribution in [0.25, 0.3) is 11.0 Å². The van der Waals surface area contributed by atoms with Crippen molar-refractivity contribution >= 4 is 32.9 Å². The molecule has 7 heteroatoms. The molecule has 3 aromatic rings. The molecule has 32 heavy (non-hydrogen) atoms. The van der Waals surface area contributed by atoms with Gasteiger partial charge in [-0.1, -0.05) is 46.3 Å². The molecule has 1 saturated carbocycles. The van der Waals surface area contributed by atoms with E-state index in [0.29, 0.717) is 5.92 Å². The van der Waals surface area contributed by atoms with Crippen LogP contribution >= 0.6 is 15.9 Å². The summed E-state index contributed by atoms with van der Waals surface area (Å²) in [7, 11) is 0. The van der Waals surface area contributed by atoms with Crippen LogP contribution in [0.15, 0.2) is 57.8 Å². The fourth-order valence-electron chi connectivity index (χ4n) is 5.16. The first-order valence-corrected chi connectivity index (χ1v) is 12.3. The smallest absolute Gasteiger partial charge is 0.326 e. The van der Waals surface area contributed by atoms with E-state index >= 15 is 0 Å². The number of benzene rings is 2. The van der Waals surface area contributed by atoms with Crippen molar-refractivity contribution < 1.29 is 4.79 Å². The van der Waals surface area contributed by atoms with Crippen molar-refractivity contribution in [3.8, 4) is 0 Å². The number of hydrogen-bond acceptors (Lipinski definition) is 3. The molecule has 1 aliphatic carbocycles. The Morgan fingerprint density at radius 1 is 1.19 bits per heavy atom. The lowest BCUT2D eigenvalue weighted by Crippen LogP contribution is -2.45. The minimum absolute atomic E-state index is 0.0328. The third-order valence-corrected chi connectivity index (χ3v) is 7.37. The number of nitrogens with zero attached hydrogens (tertiary/aromatic N) is 2. The van der Waals surface area contributed by atoms with Crippen molar-refractivity contribution in [2.24, 2.45) is 5.92 Å². The van der Waals surface area contributed by atoms with E-state index in [-0.39, 0.29) is 29.6 Å². The third kappa shape index (κ3) is 4.41. The topological polar surface area (TPSA) is 70.1 Å². The van der Waals surface area contributed by atoms with Crippen molar-refractivity contribution in [2.75, 3.05) is 19.6 Å². The van der Waals surface area contributed by atoms with Crippen LogP contribution in [0.1, 0.15) is 43.7 Å². The van der Waals surface area contributed by atoms with Gasteiger partial charge in [0.1, 0.15) is 0 Å². The van der Waals surface area contributed by atoms with Crippen LogP contribution in [0.3, 0.4) is 0 Å². The second-order valence-corrected chi connectivity index (χ2v) is 10.2. The number of H-pyrrole nitrogens is 1. The van der Waals surface area contributed by atoms with Crippen molar-refractivity contribution in [1.29, 1.82) is 0 Å². The van der Waals surface area contributed by atoms with Crippen LogP contribution in [0.5, 0.6) is 0 Å². The Balaban J connectivity index is 1.13. The number of carbonyl (C=O) groups is 1. The van der Waals surface area contributed by atoms with E-state index in [9.17, 15) is 9.59 Å². The molecular formula is C25H29BrN4O2. The molecule has 2 aliphatic rings. The molecule has 2 heterocycles. The van der Waals surface area contributed by atoms with Gasteiger partial charge in [-0.25, -0.2) is 4.79 Å². The maximum absolute atomic E-state index is 12.7. The molecule has 6 nitrogen and oxygen atoms in total. The fraction of sp³-hybridized carbons (Fsp3) is 0.440. The summed E-state index contributed by atoms with van der Waals surface area (Å²) < 4.78 is 2.88. The first-order chi connectivity index (χ1) is 15.5. The van der Waals surface area contributed by atoms with E-state index in [4.69, 9.17) is 0 Å². The number of carbonyl (C=O) groups excluding carboxylic acids is 1. The second-order valence-electron chi connectivity index (χ2n) is 9.26. The van der Waals surface area contributed by atoms with Crippen molar-refractivity contribution in [1.82, 2.24) is 19.8 Å². The number of aromatic amines is 1. The van der Waals surface area contributed by atoms with E-state index < -0.39 is 0 Å². The van der Waals surface area contributed by atoms with E-state index in [1.165, 1.54) is 5.56 Å². The number of likely N-dealkylation sites (tertiary alicyclic amines) is 1. The molecule has 168 valence electrons. The number of amides is 1. The van der Waals surface area contributed by atoms with Gasteiger partial charge in [0.15, 0.2) is 0 Å². The summed E-state index contributed by atoms with van der Waals surface area (Å²) in [5.41, 5.74) is 3.07. The van der Waals surface area contributed by atoms with Gasteiger partial charge in [0.2, 0.25) is 5.91 Å². The first-order valence-electron chi connectivity index (χ1n) is 11.5. The molecule has 1 aliphatic heterocycles. The Hall–Kier alpha value is -2.38. The summed E-state index contributed by atoms with van der Waals surface area (Å²) in [5, 5.41) is 3.22.